The number of rotatable bonds is 9. The van der Waals surface area contributed by atoms with Crippen LogP contribution < -0.4 is 4.74 Å². The van der Waals surface area contributed by atoms with E-state index in [1.165, 1.54) is 0 Å². The number of methoxy groups -OCH3 is 1. The van der Waals surface area contributed by atoms with Crippen LogP contribution in [0, 0.1) is 0 Å². The molecule has 0 aliphatic rings. The lowest BCUT2D eigenvalue weighted by Gasteiger charge is -2.15. The zero-order valence-electron chi connectivity index (χ0n) is 16.6. The fourth-order valence-corrected chi connectivity index (χ4v) is 2.36. The molecule has 0 unspecified atom stereocenters. The molecular formula is C23H29NO3. The molecule has 0 saturated carbocycles. The van der Waals surface area contributed by atoms with Crippen LogP contribution in [0.1, 0.15) is 32.8 Å². The Labute approximate surface area is 162 Å². The average molecular weight is 367 g/mol. The minimum atomic E-state index is -0.303. The van der Waals surface area contributed by atoms with Gasteiger partial charge in [-0.3, -0.25) is 0 Å². The lowest BCUT2D eigenvalue weighted by atomic mass is 10.0. The van der Waals surface area contributed by atoms with E-state index in [0.29, 0.717) is 6.61 Å². The van der Waals surface area contributed by atoms with Gasteiger partial charge in [-0.2, -0.15) is 0 Å². The highest BCUT2D eigenvalue weighted by Gasteiger charge is 2.10. The van der Waals surface area contributed by atoms with E-state index in [9.17, 15) is 0 Å². The molecule has 0 spiro atoms. The molecule has 2 aromatic carbocycles. The summed E-state index contributed by atoms with van der Waals surface area (Å²) < 4.78 is 10.7. The molecular weight excluding hydrogens is 338 g/mol. The maximum absolute atomic E-state index is 5.74. The molecule has 144 valence electrons. The van der Waals surface area contributed by atoms with Crippen LogP contribution in [-0.2, 0) is 9.57 Å². The first-order chi connectivity index (χ1) is 13.0. The Hall–Kier alpha value is -2.59. The highest BCUT2D eigenvalue weighted by atomic mass is 16.6. The summed E-state index contributed by atoms with van der Waals surface area (Å²) in [7, 11) is 1.70. The Morgan fingerprint density at radius 1 is 0.963 bits per heavy atom. The zero-order valence-corrected chi connectivity index (χ0v) is 16.6. The maximum Gasteiger partial charge on any atom is 0.129 e. The van der Waals surface area contributed by atoms with Crippen molar-refractivity contribution >= 4 is 6.21 Å². The predicted molar refractivity (Wildman–Crippen MR) is 111 cm³/mol. The van der Waals surface area contributed by atoms with Gasteiger partial charge >= 0.3 is 0 Å². The van der Waals surface area contributed by atoms with Gasteiger partial charge in [-0.05, 0) is 50.5 Å². The zero-order chi connectivity index (χ0) is 19.5. The molecule has 0 heterocycles. The summed E-state index contributed by atoms with van der Waals surface area (Å²) in [5.41, 5.74) is 2.92. The van der Waals surface area contributed by atoms with Gasteiger partial charge in [0, 0.05) is 19.3 Å². The fraction of sp³-hybridized carbons (Fsp3) is 0.348. The van der Waals surface area contributed by atoms with E-state index < -0.39 is 0 Å². The van der Waals surface area contributed by atoms with Crippen molar-refractivity contribution in [2.24, 2.45) is 5.16 Å². The van der Waals surface area contributed by atoms with Crippen LogP contribution >= 0.6 is 0 Å². The summed E-state index contributed by atoms with van der Waals surface area (Å²) in [4.78, 5) is 5.46. The van der Waals surface area contributed by atoms with Gasteiger partial charge in [0.15, 0.2) is 0 Å². The highest BCUT2D eigenvalue weighted by molar-refractivity contribution is 5.90. The molecule has 0 amide bonds. The van der Waals surface area contributed by atoms with Crippen molar-refractivity contribution in [3.05, 3.63) is 66.2 Å². The molecule has 2 aromatic rings. The molecule has 0 aromatic heterocycles. The molecule has 4 nitrogen and oxygen atoms in total. The summed E-state index contributed by atoms with van der Waals surface area (Å²) in [6.07, 6.45) is 6.73. The smallest absolute Gasteiger partial charge is 0.129 e. The summed E-state index contributed by atoms with van der Waals surface area (Å²) >= 11 is 0. The minimum absolute atomic E-state index is 0.303. The second kappa shape index (κ2) is 10.5. The van der Waals surface area contributed by atoms with Gasteiger partial charge in [0.05, 0.1) is 6.21 Å². The first-order valence-electron chi connectivity index (χ1n) is 9.17. The third-order valence-corrected chi connectivity index (χ3v) is 3.65. The van der Waals surface area contributed by atoms with E-state index in [1.54, 1.807) is 13.3 Å². The predicted octanol–water partition coefficient (Wildman–Crippen LogP) is 5.47. The molecule has 0 bridgehead atoms. The van der Waals surface area contributed by atoms with Crippen molar-refractivity contribution in [1.29, 1.82) is 0 Å². The number of benzene rings is 2. The van der Waals surface area contributed by atoms with Gasteiger partial charge in [-0.15, -0.1) is 0 Å². The van der Waals surface area contributed by atoms with Crippen LogP contribution in [0.25, 0.3) is 11.1 Å². The van der Waals surface area contributed by atoms with Gasteiger partial charge in [-0.25, -0.2) is 0 Å². The fourth-order valence-electron chi connectivity index (χ4n) is 2.36. The first kappa shape index (κ1) is 20.7. The number of hydrogen-bond acceptors (Lipinski definition) is 4. The largest absolute Gasteiger partial charge is 0.490 e. The average Bonchev–Trinajstić information content (AvgIpc) is 2.65. The van der Waals surface area contributed by atoms with E-state index in [0.717, 1.165) is 35.5 Å². The number of nitrogens with zero attached hydrogens (tertiary/aromatic N) is 1. The molecule has 0 fully saturated rings. The Bertz CT molecular complexity index is 743. The maximum atomic E-state index is 5.74. The summed E-state index contributed by atoms with van der Waals surface area (Å²) in [5, 5.41) is 4.12. The summed E-state index contributed by atoms with van der Waals surface area (Å²) in [6.45, 7) is 7.20. The van der Waals surface area contributed by atoms with Crippen LogP contribution in [0.4, 0.5) is 0 Å². The van der Waals surface area contributed by atoms with Crippen molar-refractivity contribution in [1.82, 2.24) is 0 Å². The van der Waals surface area contributed by atoms with E-state index in [-0.39, 0.29) is 5.60 Å². The second-order valence-corrected chi connectivity index (χ2v) is 7.11. The van der Waals surface area contributed by atoms with Gasteiger partial charge in [0.2, 0.25) is 0 Å². The molecule has 0 saturated heterocycles. The van der Waals surface area contributed by atoms with Gasteiger partial charge in [0.1, 0.15) is 18.0 Å². The number of oxime groups is 1. The molecule has 2 rings (SSSR count). The number of hydrogen-bond donors (Lipinski definition) is 0. The number of ether oxygens (including phenoxy) is 2. The van der Waals surface area contributed by atoms with Crippen LogP contribution in [0.15, 0.2) is 65.8 Å². The third kappa shape index (κ3) is 7.67. The second-order valence-electron chi connectivity index (χ2n) is 7.11. The van der Waals surface area contributed by atoms with Crippen molar-refractivity contribution in [2.45, 2.75) is 32.8 Å². The first-order valence-corrected chi connectivity index (χ1v) is 9.17. The molecule has 0 N–H and O–H groups in total. The lowest BCUT2D eigenvalue weighted by Crippen LogP contribution is -2.15. The van der Waals surface area contributed by atoms with Crippen LogP contribution in [0.2, 0.25) is 0 Å². The molecule has 0 aliphatic heterocycles. The van der Waals surface area contributed by atoms with Crippen molar-refractivity contribution in [2.75, 3.05) is 20.3 Å². The quantitative estimate of drug-likeness (QED) is 0.255. The Kier molecular flexibility index (Phi) is 8.08. The standard InChI is InChI=1S/C23H29NO3/c1-23(2,3)27-24-18-20-10-6-7-11-22(20)19-12-14-21(15-13-19)26-17-9-5-8-16-25-4/h5-7,9-15,18H,8,16-17H2,1-4H3/b9-5+,24-18+. The molecule has 27 heavy (non-hydrogen) atoms. The van der Waals surface area contributed by atoms with Crippen LogP contribution in [0.3, 0.4) is 0 Å². The molecule has 0 aliphatic carbocycles. The lowest BCUT2D eigenvalue weighted by molar-refractivity contribution is 0.00199. The Morgan fingerprint density at radius 2 is 1.70 bits per heavy atom. The van der Waals surface area contributed by atoms with Gasteiger partial charge in [0.25, 0.3) is 0 Å². The Morgan fingerprint density at radius 3 is 2.41 bits per heavy atom. The Balaban J connectivity index is 2.01. The normalized spacial score (nSPS) is 12.0. The van der Waals surface area contributed by atoms with E-state index in [1.807, 2.05) is 57.2 Å². The third-order valence-electron chi connectivity index (χ3n) is 3.65. The van der Waals surface area contributed by atoms with E-state index in [2.05, 4.69) is 29.4 Å². The summed E-state index contributed by atoms with van der Waals surface area (Å²) in [6, 6.07) is 16.2. The van der Waals surface area contributed by atoms with Gasteiger partial charge < -0.3 is 14.3 Å². The van der Waals surface area contributed by atoms with Crippen LogP contribution in [0.5, 0.6) is 5.75 Å². The monoisotopic (exact) mass is 367 g/mol. The van der Waals surface area contributed by atoms with E-state index in [4.69, 9.17) is 14.3 Å². The summed E-state index contributed by atoms with van der Waals surface area (Å²) in [5.74, 6) is 0.845. The highest BCUT2D eigenvalue weighted by Crippen LogP contribution is 2.25. The van der Waals surface area contributed by atoms with Crippen molar-refractivity contribution in [3.63, 3.8) is 0 Å². The van der Waals surface area contributed by atoms with Gasteiger partial charge in [-0.1, -0.05) is 53.7 Å². The van der Waals surface area contributed by atoms with E-state index >= 15 is 0 Å². The SMILES string of the molecule is COCC/C=C/COc1ccc(-c2ccccc2/C=N/OC(C)(C)C)cc1. The molecule has 4 heteroatoms. The molecule has 0 atom stereocenters. The van der Waals surface area contributed by atoms with Crippen LogP contribution in [-0.4, -0.2) is 32.1 Å². The van der Waals surface area contributed by atoms with Crippen molar-refractivity contribution in [3.8, 4) is 16.9 Å². The molecule has 0 radical (unpaired) electrons. The topological polar surface area (TPSA) is 40.0 Å². The minimum Gasteiger partial charge on any atom is -0.490 e. The van der Waals surface area contributed by atoms with Crippen molar-refractivity contribution < 1.29 is 14.3 Å².